The lowest BCUT2D eigenvalue weighted by atomic mass is 10.2. The molecule has 0 aliphatic heterocycles. The molecule has 3 aromatic heterocycles. The van der Waals surface area contributed by atoms with Gasteiger partial charge in [0.2, 0.25) is 0 Å². The van der Waals surface area contributed by atoms with E-state index in [4.69, 9.17) is 27.8 Å². The Morgan fingerprint density at radius 1 is 1.19 bits per heavy atom. The summed E-state index contributed by atoms with van der Waals surface area (Å²) in [5.74, 6) is 1.31. The van der Waals surface area contributed by atoms with Gasteiger partial charge in [-0.3, -0.25) is 4.57 Å². The molecule has 0 aliphatic rings. The molecule has 0 fully saturated rings. The Bertz CT molecular complexity index is 1270. The van der Waals surface area contributed by atoms with Crippen LogP contribution in [-0.4, -0.2) is 26.3 Å². The standard InChI is InChI=1S/C21H18ClFN8/c22-10-13-3-5-14(6-4-13)31-20(15-2-1-9-27-19(15)24)29-17-8-7-16(28-21(17)31)18(30-25)11-26-12-23/h1-9,11,25-26H,10,12H2,(H2,24,27)/b18-11-,30-25?. The molecule has 4 N–H and O–H groups in total. The van der Waals surface area contributed by atoms with Crippen LogP contribution in [0.5, 0.6) is 0 Å². The normalized spacial score (nSPS) is 11.6. The number of hydrogen-bond donors (Lipinski definition) is 3. The van der Waals surface area contributed by atoms with Crippen molar-refractivity contribution in [3.63, 3.8) is 0 Å². The van der Waals surface area contributed by atoms with Crippen LogP contribution in [0.1, 0.15) is 11.3 Å². The highest BCUT2D eigenvalue weighted by Gasteiger charge is 2.19. The molecule has 4 rings (SSSR count). The van der Waals surface area contributed by atoms with Crippen molar-refractivity contribution in [2.75, 3.05) is 12.5 Å². The van der Waals surface area contributed by atoms with Crippen molar-refractivity contribution in [1.29, 1.82) is 5.53 Å². The van der Waals surface area contributed by atoms with Gasteiger partial charge in [-0.15, -0.1) is 11.6 Å². The van der Waals surface area contributed by atoms with Crippen molar-refractivity contribution < 1.29 is 4.39 Å². The van der Waals surface area contributed by atoms with E-state index in [0.29, 0.717) is 39.9 Å². The lowest BCUT2D eigenvalue weighted by Gasteiger charge is -2.11. The number of fused-ring (bicyclic) bond motifs is 1. The number of rotatable bonds is 7. The van der Waals surface area contributed by atoms with Crippen molar-refractivity contribution in [3.8, 4) is 17.1 Å². The second-order valence-corrected chi connectivity index (χ2v) is 6.79. The van der Waals surface area contributed by atoms with Crippen molar-refractivity contribution in [2.24, 2.45) is 5.11 Å². The molecule has 0 amide bonds. The van der Waals surface area contributed by atoms with Gasteiger partial charge in [0.25, 0.3) is 0 Å². The van der Waals surface area contributed by atoms with Crippen molar-refractivity contribution in [1.82, 2.24) is 24.8 Å². The first-order valence-corrected chi connectivity index (χ1v) is 9.82. The van der Waals surface area contributed by atoms with Gasteiger partial charge in [-0.2, -0.15) is 5.11 Å². The second kappa shape index (κ2) is 8.88. The number of benzene rings is 1. The van der Waals surface area contributed by atoms with Crippen molar-refractivity contribution in [3.05, 3.63) is 72.2 Å². The maximum Gasteiger partial charge on any atom is 0.165 e. The van der Waals surface area contributed by atoms with Crippen LogP contribution in [0.25, 0.3) is 33.9 Å². The van der Waals surface area contributed by atoms with E-state index in [1.807, 2.05) is 34.9 Å². The highest BCUT2D eigenvalue weighted by Crippen LogP contribution is 2.31. The number of nitrogens with two attached hydrogens (primary N) is 1. The van der Waals surface area contributed by atoms with Crippen molar-refractivity contribution >= 4 is 34.3 Å². The summed E-state index contributed by atoms with van der Waals surface area (Å²) in [7, 11) is 0. The van der Waals surface area contributed by atoms with Gasteiger partial charge in [0, 0.05) is 24.0 Å². The van der Waals surface area contributed by atoms with E-state index in [2.05, 4.69) is 20.4 Å². The lowest BCUT2D eigenvalue weighted by Crippen LogP contribution is -2.04. The second-order valence-electron chi connectivity index (χ2n) is 6.53. The number of nitrogens with one attached hydrogen (secondary N) is 2. The molecule has 156 valence electrons. The molecule has 0 aliphatic carbocycles. The van der Waals surface area contributed by atoms with E-state index < -0.39 is 6.80 Å². The Balaban J connectivity index is 1.98. The number of imidazole rings is 1. The summed E-state index contributed by atoms with van der Waals surface area (Å²) in [4.78, 5) is 13.6. The van der Waals surface area contributed by atoms with Crippen LogP contribution in [0.15, 0.2) is 66.0 Å². The molecule has 31 heavy (non-hydrogen) atoms. The zero-order chi connectivity index (χ0) is 21.8. The van der Waals surface area contributed by atoms with Crippen LogP contribution in [0.3, 0.4) is 0 Å². The molecule has 3 heterocycles. The quantitative estimate of drug-likeness (QED) is 0.221. The largest absolute Gasteiger partial charge is 0.383 e. The fourth-order valence-electron chi connectivity index (χ4n) is 3.16. The van der Waals surface area contributed by atoms with Gasteiger partial charge in [0.1, 0.15) is 17.0 Å². The third kappa shape index (κ3) is 3.95. The summed E-state index contributed by atoms with van der Waals surface area (Å²) in [6.45, 7) is -0.781. The number of nitrogens with zero attached hydrogens (tertiary/aromatic N) is 5. The number of anilines is 1. The molecule has 0 saturated heterocycles. The van der Waals surface area contributed by atoms with Gasteiger partial charge < -0.3 is 11.1 Å². The third-order valence-corrected chi connectivity index (χ3v) is 4.94. The van der Waals surface area contributed by atoms with Gasteiger partial charge in [-0.1, -0.05) is 12.1 Å². The predicted octanol–water partition coefficient (Wildman–Crippen LogP) is 4.65. The fraction of sp³-hybridized carbons (Fsp3) is 0.0952. The summed E-state index contributed by atoms with van der Waals surface area (Å²) in [6.07, 6.45) is 2.92. The molecule has 4 aromatic rings. The molecule has 0 spiro atoms. The minimum atomic E-state index is -0.781. The average molecular weight is 437 g/mol. The average Bonchev–Trinajstić information content (AvgIpc) is 3.18. The Kier molecular flexibility index (Phi) is 5.85. The molecule has 0 saturated carbocycles. The minimum Gasteiger partial charge on any atom is -0.383 e. The zero-order valence-electron chi connectivity index (χ0n) is 16.3. The van der Waals surface area contributed by atoms with E-state index in [0.717, 1.165) is 11.3 Å². The van der Waals surface area contributed by atoms with Crippen LogP contribution in [0.4, 0.5) is 10.2 Å². The number of alkyl halides is 2. The van der Waals surface area contributed by atoms with E-state index in [-0.39, 0.29) is 5.70 Å². The minimum absolute atomic E-state index is 0.187. The fourth-order valence-corrected chi connectivity index (χ4v) is 3.34. The number of halogens is 2. The first-order valence-electron chi connectivity index (χ1n) is 9.29. The molecule has 0 unspecified atom stereocenters. The van der Waals surface area contributed by atoms with E-state index in [9.17, 15) is 4.39 Å². The highest BCUT2D eigenvalue weighted by molar-refractivity contribution is 6.17. The van der Waals surface area contributed by atoms with Crippen LogP contribution in [0, 0.1) is 5.53 Å². The first-order chi connectivity index (χ1) is 15.2. The topological polar surface area (TPSA) is 118 Å². The van der Waals surface area contributed by atoms with Gasteiger partial charge in [-0.25, -0.2) is 24.9 Å². The number of aromatic nitrogens is 4. The molecule has 0 radical (unpaired) electrons. The van der Waals surface area contributed by atoms with Crippen LogP contribution in [-0.2, 0) is 5.88 Å². The van der Waals surface area contributed by atoms with Gasteiger partial charge in [-0.05, 0) is 42.0 Å². The monoisotopic (exact) mass is 436 g/mol. The molecular weight excluding hydrogens is 419 g/mol. The Morgan fingerprint density at radius 2 is 2.00 bits per heavy atom. The SMILES string of the molecule is N=N/C(=C\NCF)c1ccc2nc(-c3cccnc3N)n(-c3ccc(CCl)cc3)c2n1. The zero-order valence-corrected chi connectivity index (χ0v) is 17.0. The molecule has 1 aromatic carbocycles. The molecular formula is C21H18ClFN8. The molecule has 0 atom stereocenters. The predicted molar refractivity (Wildman–Crippen MR) is 118 cm³/mol. The third-order valence-electron chi connectivity index (χ3n) is 4.63. The number of pyridine rings is 2. The van der Waals surface area contributed by atoms with Crippen molar-refractivity contribution in [2.45, 2.75) is 5.88 Å². The Labute approximate surface area is 182 Å². The van der Waals surface area contributed by atoms with E-state index >= 15 is 0 Å². The Hall–Kier alpha value is -3.85. The first kappa shape index (κ1) is 20.4. The summed E-state index contributed by atoms with van der Waals surface area (Å²) in [5, 5.41) is 5.85. The van der Waals surface area contributed by atoms with E-state index in [1.54, 1.807) is 24.4 Å². The lowest BCUT2D eigenvalue weighted by molar-refractivity contribution is 0.465. The maximum atomic E-state index is 12.5. The smallest absolute Gasteiger partial charge is 0.165 e. The summed E-state index contributed by atoms with van der Waals surface area (Å²) >= 11 is 5.94. The number of nitrogen functional groups attached to an aromatic ring is 1. The van der Waals surface area contributed by atoms with Gasteiger partial charge in [0.05, 0.1) is 11.3 Å². The van der Waals surface area contributed by atoms with Crippen LogP contribution >= 0.6 is 11.6 Å². The highest BCUT2D eigenvalue weighted by atomic mass is 35.5. The van der Waals surface area contributed by atoms with Gasteiger partial charge in [0.15, 0.2) is 18.3 Å². The maximum absolute atomic E-state index is 12.5. The summed E-state index contributed by atoms with van der Waals surface area (Å²) < 4.78 is 14.4. The van der Waals surface area contributed by atoms with Gasteiger partial charge >= 0.3 is 0 Å². The summed E-state index contributed by atoms with van der Waals surface area (Å²) in [5.41, 5.74) is 17.7. The van der Waals surface area contributed by atoms with Crippen LogP contribution in [0.2, 0.25) is 0 Å². The van der Waals surface area contributed by atoms with Crippen LogP contribution < -0.4 is 11.1 Å². The summed E-state index contributed by atoms with van der Waals surface area (Å²) in [6, 6.07) is 14.7. The molecule has 8 nitrogen and oxygen atoms in total. The van der Waals surface area contributed by atoms with E-state index in [1.165, 1.54) is 6.20 Å². The molecule has 10 heteroatoms. The number of hydrogen-bond acceptors (Lipinski definition) is 7. The molecule has 0 bridgehead atoms. The Morgan fingerprint density at radius 3 is 2.68 bits per heavy atom.